The lowest BCUT2D eigenvalue weighted by atomic mass is 10.1. The Morgan fingerprint density at radius 2 is 2.09 bits per heavy atom. The largest absolute Gasteiger partial charge is 0.493 e. The number of hydrogen-bond acceptors (Lipinski definition) is 7. The molecule has 1 saturated carbocycles. The summed E-state index contributed by atoms with van der Waals surface area (Å²) in [6.45, 7) is 0.640. The number of benzene rings is 1. The number of aromatic nitrogens is 2. The van der Waals surface area contributed by atoms with Crippen LogP contribution in [0.4, 0.5) is 17.3 Å². The number of carbonyl (C=O) groups excluding carboxylic acids is 1. The predicted molar refractivity (Wildman–Crippen MR) is 125 cm³/mol. The number of pyridine rings is 2. The lowest BCUT2D eigenvalue weighted by molar-refractivity contribution is -0.111. The zero-order valence-corrected chi connectivity index (χ0v) is 18.1. The van der Waals surface area contributed by atoms with Crippen molar-refractivity contribution < 1.29 is 14.3 Å². The van der Waals surface area contributed by atoms with Crippen molar-refractivity contribution in [1.29, 1.82) is 5.26 Å². The van der Waals surface area contributed by atoms with Crippen molar-refractivity contribution in [3.05, 3.63) is 72.1 Å². The highest BCUT2D eigenvalue weighted by Gasteiger charge is 2.23. The topological polar surface area (TPSA) is 109 Å². The summed E-state index contributed by atoms with van der Waals surface area (Å²) in [6.07, 6.45) is 8.58. The van der Waals surface area contributed by atoms with E-state index in [1.807, 2.05) is 24.3 Å². The van der Waals surface area contributed by atoms with Crippen molar-refractivity contribution in [2.24, 2.45) is 5.92 Å². The number of rotatable bonds is 9. The van der Waals surface area contributed by atoms with E-state index < -0.39 is 0 Å². The molecule has 8 nitrogen and oxygen atoms in total. The van der Waals surface area contributed by atoms with E-state index in [1.54, 1.807) is 43.6 Å². The number of ether oxygens (including phenoxy) is 2. The van der Waals surface area contributed by atoms with Crippen LogP contribution in [-0.4, -0.2) is 29.6 Å². The first-order chi connectivity index (χ1) is 16.2. The van der Waals surface area contributed by atoms with E-state index in [1.165, 1.54) is 25.1 Å². The molecule has 3 aromatic rings. The summed E-state index contributed by atoms with van der Waals surface area (Å²) in [5, 5.41) is 14.8. The third-order valence-corrected chi connectivity index (χ3v) is 5.01. The second kappa shape index (κ2) is 10.3. The molecule has 2 heterocycles. The van der Waals surface area contributed by atoms with E-state index in [0.717, 1.165) is 5.56 Å². The number of carbonyl (C=O) groups is 1. The van der Waals surface area contributed by atoms with E-state index in [2.05, 4.69) is 20.6 Å². The Balaban J connectivity index is 1.46. The molecule has 2 aromatic heterocycles. The van der Waals surface area contributed by atoms with Gasteiger partial charge in [0.05, 0.1) is 25.0 Å². The van der Waals surface area contributed by atoms with E-state index in [4.69, 9.17) is 14.7 Å². The van der Waals surface area contributed by atoms with Gasteiger partial charge >= 0.3 is 0 Å². The number of nitrogens with zero attached hydrogens (tertiary/aromatic N) is 3. The van der Waals surface area contributed by atoms with Crippen LogP contribution in [-0.2, 0) is 4.79 Å². The summed E-state index contributed by atoms with van der Waals surface area (Å²) in [6, 6.07) is 14.4. The Morgan fingerprint density at radius 1 is 1.21 bits per heavy atom. The monoisotopic (exact) mass is 441 g/mol. The fourth-order valence-corrected chi connectivity index (χ4v) is 3.07. The van der Waals surface area contributed by atoms with Crippen LogP contribution in [0.5, 0.6) is 11.5 Å². The smallest absolute Gasteiger partial charge is 0.248 e. The third-order valence-electron chi connectivity index (χ3n) is 5.01. The SMILES string of the molecule is COc1cccc(C=CC(=O)Nc2cccnc2Nc2ccc(C#N)cn2)c1OCC1CC1. The average Bonchev–Trinajstić information content (AvgIpc) is 3.68. The molecule has 4 rings (SSSR count). The summed E-state index contributed by atoms with van der Waals surface area (Å²) in [7, 11) is 1.60. The molecule has 1 fully saturated rings. The van der Waals surface area contributed by atoms with Crippen molar-refractivity contribution in [2.45, 2.75) is 12.8 Å². The number of amides is 1. The van der Waals surface area contributed by atoms with Crippen molar-refractivity contribution in [3.8, 4) is 17.6 Å². The highest BCUT2D eigenvalue weighted by molar-refractivity contribution is 6.03. The predicted octanol–water partition coefficient (Wildman–Crippen LogP) is 4.54. The van der Waals surface area contributed by atoms with Crippen LogP contribution >= 0.6 is 0 Å². The number of nitrogens with one attached hydrogen (secondary N) is 2. The van der Waals surface area contributed by atoms with Crippen LogP contribution in [0, 0.1) is 17.2 Å². The van der Waals surface area contributed by atoms with Crippen molar-refractivity contribution >= 4 is 29.3 Å². The van der Waals surface area contributed by atoms with Gasteiger partial charge in [-0.2, -0.15) is 5.26 Å². The van der Waals surface area contributed by atoms with Gasteiger partial charge in [0, 0.05) is 24.0 Å². The van der Waals surface area contributed by atoms with Gasteiger partial charge in [0.2, 0.25) is 5.91 Å². The number of methoxy groups -OCH3 is 1. The molecule has 1 amide bonds. The summed E-state index contributed by atoms with van der Waals surface area (Å²) >= 11 is 0. The first-order valence-corrected chi connectivity index (χ1v) is 10.5. The minimum absolute atomic E-state index is 0.324. The van der Waals surface area contributed by atoms with E-state index in [9.17, 15) is 4.79 Å². The van der Waals surface area contributed by atoms with Crippen LogP contribution in [0.15, 0.2) is 60.9 Å². The van der Waals surface area contributed by atoms with Crippen molar-refractivity contribution in [3.63, 3.8) is 0 Å². The molecular formula is C25H23N5O3. The molecule has 0 atom stereocenters. The summed E-state index contributed by atoms with van der Waals surface area (Å²) in [5.74, 6) is 2.48. The van der Waals surface area contributed by atoms with Gasteiger partial charge in [-0.15, -0.1) is 0 Å². The van der Waals surface area contributed by atoms with E-state index >= 15 is 0 Å². The molecule has 0 radical (unpaired) electrons. The van der Waals surface area contributed by atoms with E-state index in [0.29, 0.717) is 46.9 Å². The Kier molecular flexibility index (Phi) is 6.81. The summed E-state index contributed by atoms with van der Waals surface area (Å²) < 4.78 is 11.4. The highest BCUT2D eigenvalue weighted by atomic mass is 16.5. The molecule has 0 spiro atoms. The first kappa shape index (κ1) is 21.8. The first-order valence-electron chi connectivity index (χ1n) is 10.5. The van der Waals surface area contributed by atoms with E-state index in [-0.39, 0.29) is 5.91 Å². The molecule has 8 heteroatoms. The fraction of sp³-hybridized carbons (Fsp3) is 0.200. The van der Waals surface area contributed by atoms with Crippen LogP contribution < -0.4 is 20.1 Å². The normalized spacial score (nSPS) is 12.7. The van der Waals surface area contributed by atoms with Gasteiger partial charge in [-0.05, 0) is 55.2 Å². The van der Waals surface area contributed by atoms with Gasteiger partial charge in [-0.1, -0.05) is 12.1 Å². The molecule has 0 unspecified atom stereocenters. The van der Waals surface area contributed by atoms with Crippen LogP contribution in [0.1, 0.15) is 24.0 Å². The Labute approximate surface area is 191 Å². The Morgan fingerprint density at radius 3 is 2.82 bits per heavy atom. The molecule has 166 valence electrons. The maximum Gasteiger partial charge on any atom is 0.248 e. The maximum absolute atomic E-state index is 12.6. The van der Waals surface area contributed by atoms with Crippen LogP contribution in [0.25, 0.3) is 6.08 Å². The van der Waals surface area contributed by atoms with Gasteiger partial charge in [0.15, 0.2) is 17.3 Å². The lowest BCUT2D eigenvalue weighted by Gasteiger charge is -2.13. The van der Waals surface area contributed by atoms with Crippen LogP contribution in [0.2, 0.25) is 0 Å². The van der Waals surface area contributed by atoms with Gasteiger partial charge in [-0.3, -0.25) is 4.79 Å². The third kappa shape index (κ3) is 5.86. The zero-order valence-electron chi connectivity index (χ0n) is 18.1. The summed E-state index contributed by atoms with van der Waals surface area (Å²) in [4.78, 5) is 21.1. The lowest BCUT2D eigenvalue weighted by Crippen LogP contribution is -2.10. The fourth-order valence-electron chi connectivity index (χ4n) is 3.07. The van der Waals surface area contributed by atoms with Gasteiger partial charge in [0.25, 0.3) is 0 Å². The van der Waals surface area contributed by atoms with Crippen LogP contribution in [0.3, 0.4) is 0 Å². The zero-order chi connectivity index (χ0) is 23.0. The molecule has 1 aliphatic rings. The minimum Gasteiger partial charge on any atom is -0.493 e. The van der Waals surface area contributed by atoms with Crippen molar-refractivity contribution in [1.82, 2.24) is 9.97 Å². The number of nitriles is 1. The number of anilines is 3. The highest BCUT2D eigenvalue weighted by Crippen LogP contribution is 2.35. The molecular weight excluding hydrogens is 418 g/mol. The molecule has 0 aliphatic heterocycles. The minimum atomic E-state index is -0.324. The maximum atomic E-state index is 12.6. The summed E-state index contributed by atoms with van der Waals surface area (Å²) in [5.41, 5.74) is 1.71. The van der Waals surface area contributed by atoms with Gasteiger partial charge in [0.1, 0.15) is 11.9 Å². The average molecular weight is 441 g/mol. The quantitative estimate of drug-likeness (QED) is 0.469. The van der Waals surface area contributed by atoms with Crippen molar-refractivity contribution in [2.75, 3.05) is 24.4 Å². The number of para-hydroxylation sites is 1. The van der Waals surface area contributed by atoms with Gasteiger partial charge in [-0.25, -0.2) is 9.97 Å². The molecule has 0 saturated heterocycles. The Bertz CT molecular complexity index is 1200. The Hall–Kier alpha value is -4.38. The second-order valence-electron chi connectivity index (χ2n) is 7.52. The van der Waals surface area contributed by atoms with Gasteiger partial charge < -0.3 is 20.1 Å². The molecule has 1 aromatic carbocycles. The number of hydrogen-bond donors (Lipinski definition) is 2. The molecule has 2 N–H and O–H groups in total. The second-order valence-corrected chi connectivity index (χ2v) is 7.52. The standard InChI is InChI=1S/C25H23N5O3/c1-32-21-6-2-4-19(24(21)33-16-17-7-8-17)10-12-23(31)29-20-5-3-13-27-25(20)30-22-11-9-18(14-26)15-28-22/h2-6,9-13,15,17H,7-8,16H2,1H3,(H,29,31)(H,27,28,30). The molecule has 0 bridgehead atoms. The molecule has 1 aliphatic carbocycles. The molecule has 33 heavy (non-hydrogen) atoms.